The summed E-state index contributed by atoms with van der Waals surface area (Å²) in [5.74, 6) is -0.0907. The summed E-state index contributed by atoms with van der Waals surface area (Å²) in [5, 5.41) is 0. The van der Waals surface area contributed by atoms with Gasteiger partial charge >= 0.3 is 6.09 Å². The third-order valence-corrected chi connectivity index (χ3v) is 2.74. The lowest BCUT2D eigenvalue weighted by Crippen LogP contribution is -2.29. The Labute approximate surface area is 116 Å². The van der Waals surface area contributed by atoms with Crippen molar-refractivity contribution in [2.75, 3.05) is 11.9 Å². The fraction of sp³-hybridized carbons (Fsp3) is 0.0667. The van der Waals surface area contributed by atoms with Gasteiger partial charge < -0.3 is 10.5 Å². The molecule has 0 bridgehead atoms. The van der Waals surface area contributed by atoms with Crippen LogP contribution in [0, 0.1) is 0 Å². The van der Waals surface area contributed by atoms with Crippen molar-refractivity contribution in [2.24, 2.45) is 5.73 Å². The molecule has 0 aliphatic carbocycles. The molecule has 5 nitrogen and oxygen atoms in total. The molecule has 0 aliphatic rings. The molecule has 102 valence electrons. The van der Waals surface area contributed by atoms with E-state index in [2.05, 4.69) is 0 Å². The van der Waals surface area contributed by atoms with Gasteiger partial charge in [-0.25, -0.2) is 4.79 Å². The second-order valence-corrected chi connectivity index (χ2v) is 4.15. The summed E-state index contributed by atoms with van der Waals surface area (Å²) in [4.78, 5) is 24.4. The first-order valence-corrected chi connectivity index (χ1v) is 5.98. The second kappa shape index (κ2) is 5.88. The highest BCUT2D eigenvalue weighted by molar-refractivity contribution is 5.95. The van der Waals surface area contributed by atoms with Gasteiger partial charge in [-0.3, -0.25) is 9.69 Å². The van der Waals surface area contributed by atoms with E-state index in [-0.39, 0.29) is 0 Å². The average molecular weight is 270 g/mol. The van der Waals surface area contributed by atoms with E-state index in [0.29, 0.717) is 17.0 Å². The fourth-order valence-electron chi connectivity index (χ4n) is 1.63. The molecule has 0 atom stereocenters. The predicted molar refractivity (Wildman–Crippen MR) is 75.8 cm³/mol. The number of nitrogens with zero attached hydrogens (tertiary/aromatic N) is 1. The van der Waals surface area contributed by atoms with Gasteiger partial charge in [-0.05, 0) is 30.3 Å². The molecule has 0 saturated heterocycles. The first-order valence-electron chi connectivity index (χ1n) is 5.98. The van der Waals surface area contributed by atoms with Crippen molar-refractivity contribution < 1.29 is 14.3 Å². The summed E-state index contributed by atoms with van der Waals surface area (Å²) in [6.45, 7) is 0. The lowest BCUT2D eigenvalue weighted by atomic mass is 10.2. The number of amides is 2. The highest BCUT2D eigenvalue weighted by atomic mass is 16.6. The first-order chi connectivity index (χ1) is 9.58. The standard InChI is InChI=1S/C15H14N2O3/c1-17(12-7-5-6-11(10-12)14(16)18)15(19)20-13-8-3-2-4-9-13/h2-10H,1H3,(H2,16,18). The lowest BCUT2D eigenvalue weighted by molar-refractivity contribution is 0.1000. The van der Waals surface area contributed by atoms with Crippen molar-refractivity contribution in [3.63, 3.8) is 0 Å². The molecular formula is C15H14N2O3. The van der Waals surface area contributed by atoms with E-state index in [9.17, 15) is 9.59 Å². The Balaban J connectivity index is 2.14. The van der Waals surface area contributed by atoms with Crippen LogP contribution in [0.2, 0.25) is 0 Å². The number of anilines is 1. The minimum atomic E-state index is -0.545. The van der Waals surface area contributed by atoms with Crippen LogP contribution in [0.1, 0.15) is 10.4 Å². The first kappa shape index (κ1) is 13.6. The van der Waals surface area contributed by atoms with Crippen LogP contribution in [0.15, 0.2) is 54.6 Å². The molecule has 2 rings (SSSR count). The molecule has 0 unspecified atom stereocenters. The molecule has 2 amide bonds. The Morgan fingerprint density at radius 1 is 1.05 bits per heavy atom. The van der Waals surface area contributed by atoms with Crippen LogP contribution in [-0.4, -0.2) is 19.0 Å². The zero-order chi connectivity index (χ0) is 14.5. The Hall–Kier alpha value is -2.82. The van der Waals surface area contributed by atoms with Gasteiger partial charge in [0.1, 0.15) is 5.75 Å². The Kier molecular flexibility index (Phi) is 4.00. The lowest BCUT2D eigenvalue weighted by Gasteiger charge is -2.17. The van der Waals surface area contributed by atoms with Gasteiger partial charge in [0.05, 0.1) is 0 Å². The van der Waals surface area contributed by atoms with E-state index >= 15 is 0 Å². The average Bonchev–Trinajstić information content (AvgIpc) is 2.47. The normalized spacial score (nSPS) is 9.85. The summed E-state index contributed by atoms with van der Waals surface area (Å²) in [6, 6.07) is 15.2. The zero-order valence-electron chi connectivity index (χ0n) is 10.9. The smallest absolute Gasteiger partial charge is 0.410 e. The molecule has 0 spiro atoms. The molecule has 2 aromatic rings. The molecule has 20 heavy (non-hydrogen) atoms. The van der Waals surface area contributed by atoms with Gasteiger partial charge in [0, 0.05) is 18.3 Å². The number of carbonyl (C=O) groups is 2. The molecular weight excluding hydrogens is 256 g/mol. The number of nitrogens with two attached hydrogens (primary N) is 1. The zero-order valence-corrected chi connectivity index (χ0v) is 10.9. The Morgan fingerprint density at radius 2 is 1.75 bits per heavy atom. The van der Waals surface area contributed by atoms with Crippen LogP contribution >= 0.6 is 0 Å². The van der Waals surface area contributed by atoms with Crippen molar-refractivity contribution in [3.05, 3.63) is 60.2 Å². The monoisotopic (exact) mass is 270 g/mol. The molecule has 0 radical (unpaired) electrons. The van der Waals surface area contributed by atoms with E-state index in [1.165, 1.54) is 11.0 Å². The van der Waals surface area contributed by atoms with Crippen LogP contribution in [0.3, 0.4) is 0 Å². The number of hydrogen-bond donors (Lipinski definition) is 1. The van der Waals surface area contributed by atoms with Crippen LogP contribution < -0.4 is 15.4 Å². The molecule has 2 N–H and O–H groups in total. The highest BCUT2D eigenvalue weighted by Crippen LogP contribution is 2.17. The van der Waals surface area contributed by atoms with Crippen molar-refractivity contribution in [1.29, 1.82) is 0 Å². The van der Waals surface area contributed by atoms with Crippen LogP contribution in [0.5, 0.6) is 5.75 Å². The summed E-state index contributed by atoms with van der Waals surface area (Å²) in [7, 11) is 1.56. The summed E-state index contributed by atoms with van der Waals surface area (Å²) in [6.07, 6.45) is -0.544. The third-order valence-electron chi connectivity index (χ3n) is 2.74. The SMILES string of the molecule is CN(C(=O)Oc1ccccc1)c1cccc(C(N)=O)c1. The second-order valence-electron chi connectivity index (χ2n) is 4.15. The number of benzene rings is 2. The van der Waals surface area contributed by atoms with Crippen molar-refractivity contribution >= 4 is 17.7 Å². The van der Waals surface area contributed by atoms with Gasteiger partial charge in [-0.15, -0.1) is 0 Å². The number of carbonyl (C=O) groups excluding carboxylic acids is 2. The summed E-state index contributed by atoms with van der Waals surface area (Å²) >= 11 is 0. The van der Waals surface area contributed by atoms with Crippen LogP contribution in [0.4, 0.5) is 10.5 Å². The maximum Gasteiger partial charge on any atom is 0.419 e. The predicted octanol–water partition coefficient (Wildman–Crippen LogP) is 2.42. The van der Waals surface area contributed by atoms with Crippen molar-refractivity contribution in [1.82, 2.24) is 0 Å². The van der Waals surface area contributed by atoms with Crippen LogP contribution in [0.25, 0.3) is 0 Å². The van der Waals surface area contributed by atoms with E-state index in [0.717, 1.165) is 0 Å². The molecule has 0 saturated carbocycles. The summed E-state index contributed by atoms with van der Waals surface area (Å²) < 4.78 is 5.20. The summed E-state index contributed by atoms with van der Waals surface area (Å²) in [5.41, 5.74) is 6.07. The molecule has 5 heteroatoms. The Bertz CT molecular complexity index is 626. The number of hydrogen-bond acceptors (Lipinski definition) is 3. The van der Waals surface area contributed by atoms with Gasteiger partial charge in [-0.1, -0.05) is 24.3 Å². The minimum absolute atomic E-state index is 0.335. The van der Waals surface area contributed by atoms with Crippen LogP contribution in [-0.2, 0) is 0 Å². The third kappa shape index (κ3) is 3.14. The quantitative estimate of drug-likeness (QED) is 0.930. The maximum absolute atomic E-state index is 12.0. The topological polar surface area (TPSA) is 72.6 Å². The fourth-order valence-corrected chi connectivity index (χ4v) is 1.63. The van der Waals surface area contributed by atoms with Crippen molar-refractivity contribution in [3.8, 4) is 5.75 Å². The van der Waals surface area contributed by atoms with Gasteiger partial charge in [-0.2, -0.15) is 0 Å². The molecule has 0 heterocycles. The molecule has 0 aliphatic heterocycles. The largest absolute Gasteiger partial charge is 0.419 e. The van der Waals surface area contributed by atoms with Gasteiger partial charge in [0.2, 0.25) is 5.91 Å². The number of primary amides is 1. The highest BCUT2D eigenvalue weighted by Gasteiger charge is 2.14. The van der Waals surface area contributed by atoms with E-state index < -0.39 is 12.0 Å². The van der Waals surface area contributed by atoms with E-state index in [1.807, 2.05) is 6.07 Å². The number of rotatable bonds is 3. The van der Waals surface area contributed by atoms with E-state index in [4.69, 9.17) is 10.5 Å². The molecule has 0 aromatic heterocycles. The Morgan fingerprint density at radius 3 is 2.40 bits per heavy atom. The van der Waals surface area contributed by atoms with Gasteiger partial charge in [0.15, 0.2) is 0 Å². The molecule has 0 fully saturated rings. The van der Waals surface area contributed by atoms with Crippen molar-refractivity contribution in [2.45, 2.75) is 0 Å². The van der Waals surface area contributed by atoms with Gasteiger partial charge in [0.25, 0.3) is 0 Å². The number of ether oxygens (including phenoxy) is 1. The maximum atomic E-state index is 12.0. The molecule has 2 aromatic carbocycles. The van der Waals surface area contributed by atoms with E-state index in [1.54, 1.807) is 49.5 Å². The number of para-hydroxylation sites is 1. The minimum Gasteiger partial charge on any atom is -0.410 e.